The second-order valence-corrected chi connectivity index (χ2v) is 18.9. The number of aromatic nitrogens is 3. The topological polar surface area (TPSA) is 244 Å². The van der Waals surface area contributed by atoms with Gasteiger partial charge in [0.15, 0.2) is 33.8 Å². The van der Waals surface area contributed by atoms with E-state index >= 15 is 0 Å². The Morgan fingerprint density at radius 2 is 1.88 bits per heavy atom. The minimum absolute atomic E-state index is 0.0441. The van der Waals surface area contributed by atoms with E-state index in [0.717, 1.165) is 44.0 Å². The number of carbonyl (C=O) groups is 3. The molecule has 7 rings (SSSR count). The van der Waals surface area contributed by atoms with Crippen LogP contribution >= 0.6 is 19.1 Å². The third-order valence-corrected chi connectivity index (χ3v) is 11.3. The summed E-state index contributed by atoms with van der Waals surface area (Å²) < 4.78 is 104. The number of ether oxygens (including phenoxy) is 1. The molecule has 4 N–H and O–H groups in total. The van der Waals surface area contributed by atoms with Gasteiger partial charge in [0.1, 0.15) is 17.3 Å². The molecule has 322 valence electrons. The number of ketones is 1. The van der Waals surface area contributed by atoms with Crippen LogP contribution in [-0.2, 0) is 43.1 Å². The lowest BCUT2D eigenvalue weighted by molar-refractivity contribution is -0.138. The molecule has 2 aliphatic heterocycles. The number of nitrogens with zero attached hydrogens (tertiary/aromatic N) is 5. The fourth-order valence-electron chi connectivity index (χ4n) is 5.95. The van der Waals surface area contributed by atoms with Crippen molar-refractivity contribution in [1.82, 2.24) is 19.4 Å². The van der Waals surface area contributed by atoms with Crippen molar-refractivity contribution in [3.05, 3.63) is 75.4 Å². The second kappa shape index (κ2) is 17.8. The van der Waals surface area contributed by atoms with Gasteiger partial charge >= 0.3 is 19.7 Å². The smallest absolute Gasteiger partial charge is 0.416 e. The van der Waals surface area contributed by atoms with Crippen LogP contribution in [0.15, 0.2) is 50.9 Å². The van der Waals surface area contributed by atoms with Crippen molar-refractivity contribution < 1.29 is 69.1 Å². The maximum Gasteiger partial charge on any atom is 0.416 e. The highest BCUT2D eigenvalue weighted by atomic mass is 32.2. The Morgan fingerprint density at radius 1 is 1.18 bits per heavy atom. The fraction of sp³-hybridized carbons (Fsp3) is 0.389. The average molecular weight is 901 g/mol. The van der Waals surface area contributed by atoms with Gasteiger partial charge in [0.25, 0.3) is 5.91 Å². The Labute approximate surface area is 343 Å². The largest absolute Gasteiger partial charge is 0.481 e. The first-order chi connectivity index (χ1) is 27.9. The quantitative estimate of drug-likeness (QED) is 0.0753. The van der Waals surface area contributed by atoms with Gasteiger partial charge < -0.3 is 28.7 Å². The van der Waals surface area contributed by atoms with Crippen molar-refractivity contribution in [3.63, 3.8) is 0 Å². The van der Waals surface area contributed by atoms with Crippen LogP contribution in [0.2, 0.25) is 0 Å². The van der Waals surface area contributed by atoms with Crippen molar-refractivity contribution in [2.45, 2.75) is 56.6 Å². The van der Waals surface area contributed by atoms with Gasteiger partial charge in [-0.15, -0.1) is 6.42 Å². The summed E-state index contributed by atoms with van der Waals surface area (Å²) >= 11 is 1.24. The molecule has 0 radical (unpaired) electrons. The monoisotopic (exact) mass is 900 g/mol. The molecule has 3 aliphatic rings. The van der Waals surface area contributed by atoms with E-state index in [0.29, 0.717) is 34.1 Å². The van der Waals surface area contributed by atoms with Crippen LogP contribution in [0.3, 0.4) is 0 Å². The number of hydrogen-bond acceptors (Lipinski definition) is 13. The van der Waals surface area contributed by atoms with Crippen molar-refractivity contribution >= 4 is 58.0 Å². The number of aliphatic carboxylic acids is 1. The maximum atomic E-state index is 14.5. The molecule has 0 unspecified atom stereocenters. The van der Waals surface area contributed by atoms with E-state index in [1.165, 1.54) is 34.8 Å². The predicted octanol–water partition coefficient (Wildman–Crippen LogP) is 4.26. The maximum absolute atomic E-state index is 14.5. The molecule has 2 aromatic carbocycles. The lowest BCUT2D eigenvalue weighted by Gasteiger charge is -2.28. The van der Waals surface area contributed by atoms with Gasteiger partial charge in [-0.2, -0.15) is 17.5 Å². The molecule has 4 aromatic rings. The van der Waals surface area contributed by atoms with Crippen molar-refractivity contribution in [1.29, 1.82) is 0 Å². The molecular weight excluding hydrogens is 864 g/mol. The van der Waals surface area contributed by atoms with Gasteiger partial charge in [-0.25, -0.2) is 17.8 Å². The highest BCUT2D eigenvalue weighted by Crippen LogP contribution is 2.43. The van der Waals surface area contributed by atoms with Crippen LogP contribution in [0.4, 0.5) is 28.9 Å². The third-order valence-electron chi connectivity index (χ3n) is 8.77. The summed E-state index contributed by atoms with van der Waals surface area (Å²) in [5.74, 6) is 1.45. The summed E-state index contributed by atoms with van der Waals surface area (Å²) in [4.78, 5) is 56.7. The number of rotatable bonds is 10. The molecule has 4 heterocycles. The lowest BCUT2D eigenvalue weighted by atomic mass is 9.92. The van der Waals surface area contributed by atoms with Crippen LogP contribution < -0.4 is 19.8 Å². The molecule has 1 fully saturated rings. The Kier molecular flexibility index (Phi) is 13.6. The van der Waals surface area contributed by atoms with Crippen LogP contribution in [0.5, 0.6) is 5.75 Å². The Morgan fingerprint density at radius 3 is 2.48 bits per heavy atom. The number of carbonyl (C=O) groups excluding carboxylic acids is 2. The van der Waals surface area contributed by atoms with E-state index in [-0.39, 0.29) is 47.2 Å². The first-order valence-corrected chi connectivity index (χ1v) is 22.0. The zero-order valence-corrected chi connectivity index (χ0v) is 34.4. The summed E-state index contributed by atoms with van der Waals surface area (Å²) in [5, 5.41) is 13.6. The van der Waals surface area contributed by atoms with E-state index in [9.17, 15) is 44.9 Å². The number of sulfone groups is 1. The number of carboxylic acids is 1. The van der Waals surface area contributed by atoms with E-state index < -0.39 is 64.5 Å². The van der Waals surface area contributed by atoms with Gasteiger partial charge in [-0.3, -0.25) is 29.2 Å². The number of amides is 1. The van der Waals surface area contributed by atoms with Crippen LogP contribution in [0, 0.1) is 23.6 Å². The number of alkyl halides is 3. The van der Waals surface area contributed by atoms with E-state index in [1.54, 1.807) is 0 Å². The first-order valence-electron chi connectivity index (χ1n) is 17.6. The number of nitrogens with one attached hydrogen (secondary N) is 1. The van der Waals surface area contributed by atoms with E-state index in [4.69, 9.17) is 30.6 Å². The van der Waals surface area contributed by atoms with Crippen LogP contribution in [0.1, 0.15) is 65.7 Å². The zero-order valence-electron chi connectivity index (χ0n) is 31.9. The number of benzene rings is 2. The predicted molar refractivity (Wildman–Crippen MR) is 205 cm³/mol. The Bertz CT molecular complexity index is 2590. The van der Waals surface area contributed by atoms with Crippen LogP contribution in [-0.4, -0.2) is 87.3 Å². The first kappa shape index (κ1) is 45.8. The minimum Gasteiger partial charge on any atom is -0.481 e. The summed E-state index contributed by atoms with van der Waals surface area (Å²) in [6.45, 7) is 4.61. The SMILES string of the molecule is C#CCN1C(=O)COc2cc(F)c(/N=c3\snc4n3CC(C)(C)C4)cc21.CS(=O)(=O)c1cc(C(F)(F)F)ccc1C(=O)c1cnoc1C1CC1.O=C(O)CNCP(=O)(O)O. The highest BCUT2D eigenvalue weighted by molar-refractivity contribution is 7.90. The number of terminal acetylenes is 1. The molecule has 1 aliphatic carbocycles. The van der Waals surface area contributed by atoms with Crippen molar-refractivity contribution in [2.24, 2.45) is 10.4 Å². The van der Waals surface area contributed by atoms with Gasteiger partial charge in [0.2, 0.25) is 4.80 Å². The molecule has 2 aromatic heterocycles. The molecule has 1 saturated carbocycles. The van der Waals surface area contributed by atoms with Crippen LogP contribution in [0.25, 0.3) is 0 Å². The molecule has 0 bridgehead atoms. The standard InChI is InChI=1S/C18H17FN4O2S.C15H12F3NO4S.C3H8NO5P/c1-4-5-22-13-7-12(11(19)6-14(13)25-9-16(22)24)20-17-23-10-18(2,3)8-15(23)21-26-17;1-24(21,22)12-6-9(15(16,17)18)4-5-10(12)13(20)11-7-19-23-14(11)8-2-3-8;5-3(6)1-4-2-10(7,8)9/h1,6-7H,5,8-10H2,2-3H3;4-8H,2-3H2,1H3;4H,1-2H2,(H,5,6)(H2,7,8,9)/b20-17-;;. The molecule has 17 nitrogen and oxygen atoms in total. The Hall–Kier alpha value is -5.24. The van der Waals surface area contributed by atoms with E-state index in [1.807, 2.05) is 4.57 Å². The van der Waals surface area contributed by atoms with Gasteiger partial charge in [0.05, 0.1) is 47.3 Å². The summed E-state index contributed by atoms with van der Waals surface area (Å²) in [7, 11) is -8.14. The molecule has 0 atom stereocenters. The Balaban J connectivity index is 0.000000187. The highest BCUT2D eigenvalue weighted by Gasteiger charge is 2.36. The van der Waals surface area contributed by atoms with Gasteiger partial charge in [0, 0.05) is 48.3 Å². The normalized spacial score (nSPS) is 16.0. The van der Waals surface area contributed by atoms with E-state index in [2.05, 4.69) is 39.6 Å². The van der Waals surface area contributed by atoms with Gasteiger partial charge in [-0.05, 0) is 42.5 Å². The number of carboxylic acid groups (broad SMARTS) is 1. The third kappa shape index (κ3) is 11.5. The lowest BCUT2D eigenvalue weighted by Crippen LogP contribution is -2.39. The molecule has 1 amide bonds. The van der Waals surface area contributed by atoms with Gasteiger partial charge in [-0.1, -0.05) is 24.9 Å². The molecule has 0 spiro atoms. The zero-order chi connectivity index (χ0) is 44.4. The fourth-order valence-corrected chi connectivity index (χ4v) is 8.01. The second-order valence-electron chi connectivity index (χ2n) is 14.5. The minimum atomic E-state index is -4.71. The number of halogens is 4. The number of anilines is 1. The van der Waals surface area contributed by atoms with Crippen molar-refractivity contribution in [2.75, 3.05) is 37.1 Å². The number of hydrogen-bond donors (Lipinski definition) is 4. The molecule has 60 heavy (non-hydrogen) atoms. The average Bonchev–Trinajstić information content (AvgIpc) is 3.63. The summed E-state index contributed by atoms with van der Waals surface area (Å²) in [6.07, 6.45) is 4.47. The summed E-state index contributed by atoms with van der Waals surface area (Å²) in [6, 6.07) is 4.80. The molecule has 24 heteroatoms. The molecule has 0 saturated heterocycles. The summed E-state index contributed by atoms with van der Waals surface area (Å²) in [5.41, 5.74) is -0.692. The van der Waals surface area contributed by atoms with Crippen molar-refractivity contribution in [3.8, 4) is 18.1 Å². The number of fused-ring (bicyclic) bond motifs is 2. The molecular formula is C36H37F4N6O11PS2.